The third-order valence-electron chi connectivity index (χ3n) is 5.04. The molecule has 0 bridgehead atoms. The summed E-state index contributed by atoms with van der Waals surface area (Å²) in [6, 6.07) is 0.0149. The summed E-state index contributed by atoms with van der Waals surface area (Å²) in [6.07, 6.45) is 6.69. The van der Waals surface area contributed by atoms with Crippen molar-refractivity contribution in [2.45, 2.75) is 69.5 Å². The molecule has 0 aromatic rings. The minimum absolute atomic E-state index is 0.0749. The lowest BCUT2D eigenvalue weighted by Crippen LogP contribution is -2.72. The van der Waals surface area contributed by atoms with Gasteiger partial charge in [-0.05, 0) is 31.4 Å². The Balaban J connectivity index is 1.90. The van der Waals surface area contributed by atoms with Gasteiger partial charge in [0, 0.05) is 11.8 Å². The maximum Gasteiger partial charge on any atom is 0.249 e. The lowest BCUT2D eigenvalue weighted by molar-refractivity contribution is -0.159. The Hall–Kier alpha value is -0.710. The third kappa shape index (κ3) is 2.24. The molecule has 2 atom stereocenters. The van der Waals surface area contributed by atoms with Gasteiger partial charge in [-0.15, -0.1) is 0 Å². The largest absolute Gasteiger partial charge is 0.340 e. The molecule has 5 heteroatoms. The van der Waals surface area contributed by atoms with Crippen molar-refractivity contribution >= 4 is 23.6 Å². The molecule has 1 aliphatic carbocycles. The summed E-state index contributed by atoms with van der Waals surface area (Å²) < 4.78 is 0. The van der Waals surface area contributed by atoms with Crippen LogP contribution in [0.3, 0.4) is 0 Å². The Morgan fingerprint density at radius 2 is 2.05 bits per heavy atom. The number of thioether (sulfide) groups is 1. The van der Waals surface area contributed by atoms with E-state index in [-0.39, 0.29) is 23.9 Å². The molecule has 0 radical (unpaired) electrons. The van der Waals surface area contributed by atoms with E-state index in [0.717, 1.165) is 50.0 Å². The van der Waals surface area contributed by atoms with E-state index in [2.05, 4.69) is 5.32 Å². The highest BCUT2D eigenvalue weighted by atomic mass is 32.2. The van der Waals surface area contributed by atoms with Gasteiger partial charge in [0.15, 0.2) is 0 Å². The number of rotatable bonds is 2. The molecule has 1 spiro atoms. The van der Waals surface area contributed by atoms with Crippen LogP contribution < -0.4 is 5.32 Å². The van der Waals surface area contributed by atoms with Gasteiger partial charge >= 0.3 is 0 Å². The van der Waals surface area contributed by atoms with Crippen LogP contribution in [0.2, 0.25) is 0 Å². The first-order chi connectivity index (χ1) is 9.68. The maximum atomic E-state index is 13.1. The molecule has 0 aromatic carbocycles. The average molecular weight is 296 g/mol. The van der Waals surface area contributed by atoms with Crippen molar-refractivity contribution in [3.8, 4) is 0 Å². The Morgan fingerprint density at radius 3 is 2.65 bits per heavy atom. The fourth-order valence-corrected chi connectivity index (χ4v) is 5.13. The fraction of sp³-hybridized carbons (Fsp3) is 0.867. The number of amides is 2. The van der Waals surface area contributed by atoms with Crippen LogP contribution in [0.4, 0.5) is 0 Å². The summed E-state index contributed by atoms with van der Waals surface area (Å²) in [4.78, 5) is 27.6. The Morgan fingerprint density at radius 1 is 1.30 bits per heavy atom. The highest BCUT2D eigenvalue weighted by Gasteiger charge is 2.52. The summed E-state index contributed by atoms with van der Waals surface area (Å²) in [6.45, 7) is 2.01. The van der Waals surface area contributed by atoms with Crippen LogP contribution in [-0.4, -0.2) is 45.8 Å². The summed E-state index contributed by atoms with van der Waals surface area (Å²) >= 11 is 1.90. The predicted octanol–water partition coefficient (Wildman–Crippen LogP) is 1.93. The standard InChI is InChI=1S/C15H24N2O2S/c1-2-12-13(18)16-15(7-4-3-5-8-15)14(19)17(12)11-6-9-20-10-11/h11-12H,2-10H2,1H3,(H,16,18). The van der Waals surface area contributed by atoms with Crippen molar-refractivity contribution < 1.29 is 9.59 Å². The summed E-state index contributed by atoms with van der Waals surface area (Å²) in [5.41, 5.74) is -0.575. The zero-order valence-corrected chi connectivity index (χ0v) is 13.0. The van der Waals surface area contributed by atoms with Gasteiger partial charge in [-0.2, -0.15) is 11.8 Å². The first-order valence-electron chi connectivity index (χ1n) is 7.90. The van der Waals surface area contributed by atoms with Crippen LogP contribution in [0.25, 0.3) is 0 Å². The zero-order valence-electron chi connectivity index (χ0n) is 12.2. The van der Waals surface area contributed by atoms with E-state index in [1.165, 1.54) is 6.42 Å². The lowest BCUT2D eigenvalue weighted by atomic mass is 9.78. The number of hydrogen-bond acceptors (Lipinski definition) is 3. The molecule has 2 saturated heterocycles. The second kappa shape index (κ2) is 5.58. The molecule has 1 N–H and O–H groups in total. The van der Waals surface area contributed by atoms with Gasteiger partial charge in [0.2, 0.25) is 11.8 Å². The van der Waals surface area contributed by atoms with Crippen molar-refractivity contribution in [1.29, 1.82) is 0 Å². The van der Waals surface area contributed by atoms with E-state index in [0.29, 0.717) is 0 Å². The van der Waals surface area contributed by atoms with Crippen LogP contribution in [-0.2, 0) is 9.59 Å². The van der Waals surface area contributed by atoms with Crippen molar-refractivity contribution in [3.63, 3.8) is 0 Å². The maximum absolute atomic E-state index is 13.1. The quantitative estimate of drug-likeness (QED) is 0.847. The van der Waals surface area contributed by atoms with Gasteiger partial charge in [0.05, 0.1) is 0 Å². The molecule has 1 saturated carbocycles. The topological polar surface area (TPSA) is 49.4 Å². The number of piperazine rings is 1. The Labute approximate surface area is 125 Å². The third-order valence-corrected chi connectivity index (χ3v) is 6.18. The first-order valence-corrected chi connectivity index (χ1v) is 9.06. The van der Waals surface area contributed by atoms with E-state index in [9.17, 15) is 9.59 Å². The number of nitrogens with one attached hydrogen (secondary N) is 1. The monoisotopic (exact) mass is 296 g/mol. The van der Waals surface area contributed by atoms with Crippen molar-refractivity contribution in [2.24, 2.45) is 0 Å². The summed E-state index contributed by atoms with van der Waals surface area (Å²) in [5.74, 6) is 2.38. The molecule has 2 aliphatic heterocycles. The van der Waals surface area contributed by atoms with Gasteiger partial charge in [-0.25, -0.2) is 0 Å². The minimum Gasteiger partial charge on any atom is -0.340 e. The molecular weight excluding hydrogens is 272 g/mol. The van der Waals surface area contributed by atoms with Crippen LogP contribution in [0.5, 0.6) is 0 Å². The smallest absolute Gasteiger partial charge is 0.249 e. The van der Waals surface area contributed by atoms with Gasteiger partial charge in [0.1, 0.15) is 11.6 Å². The molecule has 2 heterocycles. The van der Waals surface area contributed by atoms with Gasteiger partial charge in [0.25, 0.3) is 0 Å². The molecule has 4 nitrogen and oxygen atoms in total. The SMILES string of the molecule is CCC1C(=O)NC2(CCCCC2)C(=O)N1C1CCSC1. The number of hydrogen-bond donors (Lipinski definition) is 1. The van der Waals surface area contributed by atoms with Gasteiger partial charge in [-0.3, -0.25) is 9.59 Å². The molecule has 2 unspecified atom stereocenters. The van der Waals surface area contributed by atoms with E-state index in [1.807, 2.05) is 23.6 Å². The minimum atomic E-state index is -0.575. The Bertz CT molecular complexity index is 401. The highest BCUT2D eigenvalue weighted by Crippen LogP contribution is 2.36. The molecule has 0 aromatic heterocycles. The molecule has 20 heavy (non-hydrogen) atoms. The first kappa shape index (κ1) is 14.2. The molecule has 112 valence electrons. The van der Waals surface area contributed by atoms with E-state index < -0.39 is 5.54 Å². The Kier molecular flexibility index (Phi) is 3.98. The number of nitrogens with zero attached hydrogens (tertiary/aromatic N) is 1. The van der Waals surface area contributed by atoms with Gasteiger partial charge in [-0.1, -0.05) is 26.2 Å². The molecule has 3 aliphatic rings. The van der Waals surface area contributed by atoms with Crippen LogP contribution in [0.15, 0.2) is 0 Å². The fourth-order valence-electron chi connectivity index (χ4n) is 3.93. The normalized spacial score (nSPS) is 33.5. The van der Waals surface area contributed by atoms with E-state index in [4.69, 9.17) is 0 Å². The highest BCUT2D eigenvalue weighted by molar-refractivity contribution is 7.99. The lowest BCUT2D eigenvalue weighted by Gasteiger charge is -2.49. The summed E-state index contributed by atoms with van der Waals surface area (Å²) in [7, 11) is 0. The second-order valence-corrected chi connectivity index (χ2v) is 7.44. The number of carbonyl (C=O) groups excluding carboxylic acids is 2. The van der Waals surface area contributed by atoms with E-state index >= 15 is 0 Å². The molecule has 3 fully saturated rings. The second-order valence-electron chi connectivity index (χ2n) is 6.29. The van der Waals surface area contributed by atoms with Crippen molar-refractivity contribution in [1.82, 2.24) is 10.2 Å². The molecule has 2 amide bonds. The van der Waals surface area contributed by atoms with Crippen molar-refractivity contribution in [3.05, 3.63) is 0 Å². The van der Waals surface area contributed by atoms with E-state index in [1.54, 1.807) is 0 Å². The van der Waals surface area contributed by atoms with Gasteiger partial charge < -0.3 is 10.2 Å². The summed E-state index contributed by atoms with van der Waals surface area (Å²) in [5, 5.41) is 3.10. The predicted molar refractivity (Wildman–Crippen MR) is 80.6 cm³/mol. The molecule has 3 rings (SSSR count). The average Bonchev–Trinajstić information content (AvgIpc) is 2.97. The number of carbonyl (C=O) groups is 2. The van der Waals surface area contributed by atoms with Crippen molar-refractivity contribution in [2.75, 3.05) is 11.5 Å². The zero-order chi connectivity index (χ0) is 14.2. The molecular formula is C15H24N2O2S. The van der Waals surface area contributed by atoms with Crippen LogP contribution in [0, 0.1) is 0 Å². The van der Waals surface area contributed by atoms with Crippen LogP contribution in [0.1, 0.15) is 51.9 Å². The van der Waals surface area contributed by atoms with Crippen LogP contribution >= 0.6 is 11.8 Å².